The van der Waals surface area contributed by atoms with Crippen molar-refractivity contribution in [2.45, 2.75) is 38.5 Å². The van der Waals surface area contributed by atoms with Gasteiger partial charge in [0.25, 0.3) is 5.70 Å². The standard InChI is InChI=1S/C12H12F3N5O4.Na.H/c1-11(2,3)18-8-6(20(23)24)4-5(19(21)22)7-9(8)17-10(16-7)12(13,14)15;;/h4,7,18H,1-3H3;;/q;+1;-1. The maximum atomic E-state index is 12.9. The van der Waals surface area contributed by atoms with Crippen LogP contribution in [0.2, 0.25) is 0 Å². The van der Waals surface area contributed by atoms with E-state index in [9.17, 15) is 33.4 Å². The summed E-state index contributed by atoms with van der Waals surface area (Å²) in [6.45, 7) is 4.88. The van der Waals surface area contributed by atoms with Crippen LogP contribution in [0.4, 0.5) is 13.2 Å². The summed E-state index contributed by atoms with van der Waals surface area (Å²) in [4.78, 5) is 26.9. The molecular weight excluding hydrogens is 358 g/mol. The van der Waals surface area contributed by atoms with Gasteiger partial charge in [-0.3, -0.25) is 20.2 Å². The minimum atomic E-state index is -4.92. The average molecular weight is 371 g/mol. The largest absolute Gasteiger partial charge is 1.00 e. The molecule has 25 heavy (non-hydrogen) atoms. The number of allylic oxidation sites excluding steroid dienone is 1. The molecule has 9 nitrogen and oxygen atoms in total. The molecule has 0 aromatic heterocycles. The third-order valence-corrected chi connectivity index (χ3v) is 2.97. The maximum absolute atomic E-state index is 12.9. The number of hydrogen-bond donors (Lipinski definition) is 1. The summed E-state index contributed by atoms with van der Waals surface area (Å²) in [7, 11) is 0. The Kier molecular flexibility index (Phi) is 5.82. The van der Waals surface area contributed by atoms with E-state index in [0.717, 1.165) is 0 Å². The summed E-state index contributed by atoms with van der Waals surface area (Å²) in [5.41, 5.74) is -3.13. The van der Waals surface area contributed by atoms with Gasteiger partial charge in [0.2, 0.25) is 5.84 Å². The summed E-state index contributed by atoms with van der Waals surface area (Å²) >= 11 is 0. The Labute approximate surface area is 162 Å². The Bertz CT molecular complexity index is 755. The zero-order chi connectivity index (χ0) is 18.4. The maximum Gasteiger partial charge on any atom is 1.00 e. The van der Waals surface area contributed by atoms with Crippen LogP contribution in [0.25, 0.3) is 0 Å². The number of alkyl halides is 3. The Hall–Kier alpha value is -1.79. The summed E-state index contributed by atoms with van der Waals surface area (Å²) in [6, 6.07) is -1.65. The zero-order valence-corrected chi connectivity index (χ0v) is 15.7. The van der Waals surface area contributed by atoms with E-state index in [0.29, 0.717) is 6.08 Å². The molecule has 0 amide bonds. The van der Waals surface area contributed by atoms with Crippen LogP contribution in [0.3, 0.4) is 0 Å². The van der Waals surface area contributed by atoms with Crippen LogP contribution in [-0.2, 0) is 0 Å². The fourth-order valence-corrected chi connectivity index (χ4v) is 2.14. The molecule has 0 aromatic rings. The van der Waals surface area contributed by atoms with E-state index in [1.165, 1.54) is 0 Å². The third kappa shape index (κ3) is 4.44. The molecule has 1 heterocycles. The summed E-state index contributed by atoms with van der Waals surface area (Å²) in [5, 5.41) is 25.0. The first-order valence-electron chi connectivity index (χ1n) is 6.58. The Morgan fingerprint density at radius 3 is 2.16 bits per heavy atom. The van der Waals surface area contributed by atoms with E-state index in [-0.39, 0.29) is 36.7 Å². The van der Waals surface area contributed by atoms with Gasteiger partial charge in [0.05, 0.1) is 15.9 Å². The fraction of sp³-hybridized carbons (Fsp3) is 0.500. The minimum absolute atomic E-state index is 0. The number of nitrogens with zero attached hydrogens (tertiary/aromatic N) is 4. The number of amidine groups is 1. The SMILES string of the molecule is CC(C)(C)NC1=C([N+](=O)[O-])C=C([N+](=O)[O-])C2N=C(C(F)(F)F)N=C12.[H-].[Na+]. The second-order valence-electron chi connectivity index (χ2n) is 6.07. The van der Waals surface area contributed by atoms with Crippen molar-refractivity contribution in [1.82, 2.24) is 5.32 Å². The summed E-state index contributed by atoms with van der Waals surface area (Å²) in [5.74, 6) is -1.56. The van der Waals surface area contributed by atoms with Gasteiger partial charge in [-0.2, -0.15) is 13.2 Å². The predicted molar refractivity (Wildman–Crippen MR) is 77.8 cm³/mol. The Morgan fingerprint density at radius 2 is 1.76 bits per heavy atom. The molecule has 0 spiro atoms. The number of hydrogen-bond acceptors (Lipinski definition) is 7. The molecule has 0 bridgehead atoms. The van der Waals surface area contributed by atoms with E-state index in [1.807, 2.05) is 0 Å². The van der Waals surface area contributed by atoms with Gasteiger partial charge in [-0.15, -0.1) is 0 Å². The molecule has 0 radical (unpaired) electrons. The van der Waals surface area contributed by atoms with E-state index in [1.54, 1.807) is 20.8 Å². The van der Waals surface area contributed by atoms with Gasteiger partial charge in [0.15, 0.2) is 6.04 Å². The topological polar surface area (TPSA) is 123 Å². The first-order valence-corrected chi connectivity index (χ1v) is 6.58. The van der Waals surface area contributed by atoms with Crippen molar-refractivity contribution in [3.05, 3.63) is 43.4 Å². The van der Waals surface area contributed by atoms with E-state index in [4.69, 9.17) is 0 Å². The normalized spacial score (nSPS) is 20.1. The molecule has 0 saturated heterocycles. The van der Waals surface area contributed by atoms with Crippen molar-refractivity contribution in [2.75, 3.05) is 0 Å². The molecule has 1 atom stereocenters. The van der Waals surface area contributed by atoms with Gasteiger partial charge in [-0.25, -0.2) is 9.98 Å². The molecule has 1 aliphatic heterocycles. The van der Waals surface area contributed by atoms with Gasteiger partial charge >= 0.3 is 41.4 Å². The van der Waals surface area contributed by atoms with Crippen LogP contribution in [0, 0.1) is 20.2 Å². The first-order chi connectivity index (χ1) is 10.8. The smallest absolute Gasteiger partial charge is 1.00 e. The molecule has 0 aromatic carbocycles. The number of aliphatic imine (C=N–C) groups is 2. The quantitative estimate of drug-likeness (QED) is 0.385. The minimum Gasteiger partial charge on any atom is -1.00 e. The van der Waals surface area contributed by atoms with Crippen molar-refractivity contribution in [2.24, 2.45) is 9.98 Å². The second-order valence-corrected chi connectivity index (χ2v) is 6.07. The second kappa shape index (κ2) is 6.84. The number of halogens is 3. The number of fused-ring (bicyclic) bond motifs is 1. The molecule has 0 saturated carbocycles. The number of nitro groups is 2. The van der Waals surface area contributed by atoms with Crippen LogP contribution in [0.15, 0.2) is 33.2 Å². The predicted octanol–water partition coefficient (Wildman–Crippen LogP) is -1.06. The van der Waals surface area contributed by atoms with Crippen molar-refractivity contribution < 1.29 is 54.0 Å². The Balaban J connectivity index is 0.00000312. The van der Waals surface area contributed by atoms with Crippen LogP contribution in [-0.4, -0.2) is 39.2 Å². The molecular formula is C12H13F3N5NaO4. The van der Waals surface area contributed by atoms with Gasteiger partial charge in [-0.1, -0.05) is 0 Å². The first kappa shape index (κ1) is 21.3. The van der Waals surface area contributed by atoms with E-state index < -0.39 is 50.5 Å². The number of nitrogens with one attached hydrogen (secondary N) is 1. The molecule has 13 heteroatoms. The molecule has 2 aliphatic rings. The summed E-state index contributed by atoms with van der Waals surface area (Å²) in [6.07, 6.45) is -4.31. The Morgan fingerprint density at radius 1 is 1.20 bits per heavy atom. The van der Waals surface area contributed by atoms with Crippen LogP contribution >= 0.6 is 0 Å². The number of rotatable bonds is 3. The van der Waals surface area contributed by atoms with Crippen molar-refractivity contribution in [3.8, 4) is 0 Å². The van der Waals surface area contributed by atoms with Crippen LogP contribution < -0.4 is 34.9 Å². The van der Waals surface area contributed by atoms with Gasteiger partial charge in [0.1, 0.15) is 11.4 Å². The molecule has 1 unspecified atom stereocenters. The zero-order valence-electron chi connectivity index (χ0n) is 14.7. The van der Waals surface area contributed by atoms with Gasteiger partial charge in [-0.05, 0) is 20.8 Å². The third-order valence-electron chi connectivity index (χ3n) is 2.97. The average Bonchev–Trinajstić information content (AvgIpc) is 2.81. The molecule has 0 fully saturated rings. The van der Waals surface area contributed by atoms with Gasteiger partial charge in [0, 0.05) is 5.54 Å². The molecule has 2 rings (SSSR count). The fourth-order valence-electron chi connectivity index (χ4n) is 2.14. The molecule has 1 aliphatic carbocycles. The van der Waals surface area contributed by atoms with Crippen molar-refractivity contribution >= 4 is 11.5 Å². The summed E-state index contributed by atoms with van der Waals surface area (Å²) < 4.78 is 38.6. The van der Waals surface area contributed by atoms with Gasteiger partial charge < -0.3 is 6.74 Å². The monoisotopic (exact) mass is 371 g/mol. The van der Waals surface area contributed by atoms with Crippen molar-refractivity contribution in [3.63, 3.8) is 0 Å². The molecule has 132 valence electrons. The van der Waals surface area contributed by atoms with Crippen molar-refractivity contribution in [1.29, 1.82) is 0 Å². The van der Waals surface area contributed by atoms with E-state index >= 15 is 0 Å². The van der Waals surface area contributed by atoms with Crippen LogP contribution in [0.1, 0.15) is 22.2 Å². The van der Waals surface area contributed by atoms with E-state index in [2.05, 4.69) is 15.3 Å². The van der Waals surface area contributed by atoms with Crippen LogP contribution in [0.5, 0.6) is 0 Å². The molecule has 1 N–H and O–H groups in total.